The first kappa shape index (κ1) is 15.3. The van der Waals surface area contributed by atoms with Gasteiger partial charge in [0.15, 0.2) is 9.84 Å². The molecular weight excluding hydrogens is 284 g/mol. The fraction of sp³-hybridized carbons (Fsp3) is 0.176. The molecule has 0 aliphatic rings. The van der Waals surface area contributed by atoms with Crippen molar-refractivity contribution in [3.8, 4) is 5.75 Å². The van der Waals surface area contributed by atoms with Gasteiger partial charge in [0.1, 0.15) is 5.75 Å². The van der Waals surface area contributed by atoms with Crippen molar-refractivity contribution >= 4 is 15.9 Å². The topological polar surface area (TPSA) is 43.4 Å². The molecule has 0 heterocycles. The van der Waals surface area contributed by atoms with E-state index in [9.17, 15) is 8.42 Å². The van der Waals surface area contributed by atoms with E-state index in [0.717, 1.165) is 16.9 Å². The third-order valence-electron chi connectivity index (χ3n) is 3.01. The number of hydrogen-bond donors (Lipinski definition) is 0. The van der Waals surface area contributed by atoms with Crippen LogP contribution in [0.1, 0.15) is 11.1 Å². The van der Waals surface area contributed by atoms with E-state index in [1.807, 2.05) is 60.7 Å². The highest BCUT2D eigenvalue weighted by Gasteiger charge is 2.09. The Morgan fingerprint density at radius 2 is 1.67 bits per heavy atom. The lowest BCUT2D eigenvalue weighted by atomic mass is 10.2. The molecule has 0 bridgehead atoms. The number of sulfone groups is 1. The van der Waals surface area contributed by atoms with Gasteiger partial charge in [-0.3, -0.25) is 0 Å². The molecular formula is C17H18O3S. The molecule has 0 radical (unpaired) electrons. The van der Waals surface area contributed by atoms with Crippen LogP contribution in [-0.4, -0.2) is 21.3 Å². The van der Waals surface area contributed by atoms with Gasteiger partial charge >= 0.3 is 0 Å². The Kier molecular flexibility index (Phi) is 5.17. The van der Waals surface area contributed by atoms with Crippen LogP contribution < -0.4 is 4.74 Å². The molecule has 2 aromatic rings. The zero-order valence-electron chi connectivity index (χ0n) is 11.9. The maximum atomic E-state index is 12.0. The van der Waals surface area contributed by atoms with Crippen LogP contribution in [0.25, 0.3) is 6.08 Å². The van der Waals surface area contributed by atoms with Gasteiger partial charge in [0.25, 0.3) is 0 Å². The summed E-state index contributed by atoms with van der Waals surface area (Å²) >= 11 is 0. The van der Waals surface area contributed by atoms with Crippen molar-refractivity contribution in [3.05, 3.63) is 71.8 Å². The Morgan fingerprint density at radius 1 is 1.00 bits per heavy atom. The minimum Gasteiger partial charge on any atom is -0.497 e. The number of ether oxygens (including phenoxy) is 1. The minimum atomic E-state index is -3.13. The third-order valence-corrected chi connectivity index (χ3v) is 4.48. The Balaban J connectivity index is 1.95. The fourth-order valence-electron chi connectivity index (χ4n) is 1.93. The van der Waals surface area contributed by atoms with E-state index >= 15 is 0 Å². The molecule has 3 nitrogen and oxygen atoms in total. The predicted molar refractivity (Wildman–Crippen MR) is 86.0 cm³/mol. The summed E-state index contributed by atoms with van der Waals surface area (Å²) in [4.78, 5) is 0. The number of benzene rings is 2. The molecule has 0 atom stereocenters. The molecule has 0 aliphatic carbocycles. The first-order valence-electron chi connectivity index (χ1n) is 6.64. The molecule has 0 aromatic heterocycles. The summed E-state index contributed by atoms with van der Waals surface area (Å²) in [7, 11) is -1.52. The number of methoxy groups -OCH3 is 1. The standard InChI is InChI=1S/C17H18O3S/c1-20-17-11-9-15(10-12-17)8-5-13-21(18,19)14-16-6-3-2-4-7-16/h2-12H,13-14H2,1H3/b8-5+. The lowest BCUT2D eigenvalue weighted by Crippen LogP contribution is -2.07. The molecule has 0 spiro atoms. The van der Waals surface area contributed by atoms with Crippen LogP contribution in [0.2, 0.25) is 0 Å². The van der Waals surface area contributed by atoms with Crippen LogP contribution in [0, 0.1) is 0 Å². The molecule has 0 fully saturated rings. The second-order valence-electron chi connectivity index (χ2n) is 4.72. The molecule has 0 amide bonds. The number of rotatable bonds is 6. The van der Waals surface area contributed by atoms with E-state index < -0.39 is 9.84 Å². The summed E-state index contributed by atoms with van der Waals surface area (Å²) in [6, 6.07) is 16.7. The van der Waals surface area contributed by atoms with Crippen molar-refractivity contribution in [1.29, 1.82) is 0 Å². The summed E-state index contributed by atoms with van der Waals surface area (Å²) < 4.78 is 29.1. The van der Waals surface area contributed by atoms with Gasteiger partial charge in [-0.05, 0) is 23.3 Å². The van der Waals surface area contributed by atoms with Gasteiger partial charge in [0, 0.05) is 0 Å². The van der Waals surface area contributed by atoms with E-state index in [4.69, 9.17) is 4.74 Å². The van der Waals surface area contributed by atoms with Gasteiger partial charge in [0.2, 0.25) is 0 Å². The Labute approximate surface area is 125 Å². The average molecular weight is 302 g/mol. The Bertz CT molecular complexity index is 687. The Morgan fingerprint density at radius 3 is 2.29 bits per heavy atom. The van der Waals surface area contributed by atoms with Crippen molar-refractivity contribution in [2.24, 2.45) is 0 Å². The molecule has 2 rings (SSSR count). The second-order valence-corrected chi connectivity index (χ2v) is 6.82. The van der Waals surface area contributed by atoms with Gasteiger partial charge in [-0.2, -0.15) is 0 Å². The first-order valence-corrected chi connectivity index (χ1v) is 8.46. The van der Waals surface area contributed by atoms with Crippen molar-refractivity contribution in [2.75, 3.05) is 12.9 Å². The minimum absolute atomic E-state index is 0.0356. The largest absolute Gasteiger partial charge is 0.497 e. The molecule has 0 saturated carbocycles. The lowest BCUT2D eigenvalue weighted by Gasteiger charge is -2.02. The molecule has 21 heavy (non-hydrogen) atoms. The zero-order chi connectivity index (χ0) is 15.1. The van der Waals surface area contributed by atoms with E-state index in [1.165, 1.54) is 0 Å². The van der Waals surface area contributed by atoms with Crippen LogP contribution >= 0.6 is 0 Å². The van der Waals surface area contributed by atoms with Gasteiger partial charge in [-0.15, -0.1) is 0 Å². The summed E-state index contributed by atoms with van der Waals surface area (Å²) in [5.41, 5.74) is 1.76. The summed E-state index contributed by atoms with van der Waals surface area (Å²) in [6.45, 7) is 0. The quantitative estimate of drug-likeness (QED) is 0.822. The summed E-state index contributed by atoms with van der Waals surface area (Å²) in [5, 5.41) is 0. The molecule has 0 unspecified atom stereocenters. The van der Waals surface area contributed by atoms with Gasteiger partial charge in [-0.1, -0.05) is 54.6 Å². The molecule has 0 N–H and O–H groups in total. The summed E-state index contributed by atoms with van der Waals surface area (Å²) in [6.07, 6.45) is 3.49. The third kappa shape index (κ3) is 5.08. The van der Waals surface area contributed by atoms with Crippen LogP contribution in [-0.2, 0) is 15.6 Å². The highest BCUT2D eigenvalue weighted by Crippen LogP contribution is 2.13. The highest BCUT2D eigenvalue weighted by atomic mass is 32.2. The van der Waals surface area contributed by atoms with E-state index in [1.54, 1.807) is 13.2 Å². The molecule has 0 saturated heterocycles. The highest BCUT2D eigenvalue weighted by molar-refractivity contribution is 7.90. The first-order chi connectivity index (χ1) is 10.1. The van der Waals surface area contributed by atoms with Crippen LogP contribution in [0.5, 0.6) is 5.75 Å². The van der Waals surface area contributed by atoms with E-state index in [0.29, 0.717) is 0 Å². The zero-order valence-corrected chi connectivity index (χ0v) is 12.7. The second kappa shape index (κ2) is 7.09. The average Bonchev–Trinajstić information content (AvgIpc) is 2.48. The van der Waals surface area contributed by atoms with Crippen molar-refractivity contribution in [3.63, 3.8) is 0 Å². The monoisotopic (exact) mass is 302 g/mol. The predicted octanol–water partition coefficient (Wildman–Crippen LogP) is 3.32. The molecule has 4 heteroatoms. The van der Waals surface area contributed by atoms with E-state index in [2.05, 4.69) is 0 Å². The Hall–Kier alpha value is -2.07. The van der Waals surface area contributed by atoms with Crippen LogP contribution in [0.4, 0.5) is 0 Å². The maximum absolute atomic E-state index is 12.0. The fourth-order valence-corrected chi connectivity index (χ4v) is 3.14. The number of hydrogen-bond acceptors (Lipinski definition) is 3. The molecule has 0 aliphatic heterocycles. The smallest absolute Gasteiger partial charge is 0.157 e. The van der Waals surface area contributed by atoms with Gasteiger partial charge in [-0.25, -0.2) is 8.42 Å². The molecule has 2 aromatic carbocycles. The molecule has 110 valence electrons. The van der Waals surface area contributed by atoms with Crippen LogP contribution in [0.15, 0.2) is 60.7 Å². The van der Waals surface area contributed by atoms with Crippen molar-refractivity contribution in [2.45, 2.75) is 5.75 Å². The summed E-state index contributed by atoms with van der Waals surface area (Å²) in [5.74, 6) is 0.887. The lowest BCUT2D eigenvalue weighted by molar-refractivity contribution is 0.415. The maximum Gasteiger partial charge on any atom is 0.157 e. The van der Waals surface area contributed by atoms with E-state index in [-0.39, 0.29) is 11.5 Å². The SMILES string of the molecule is COc1ccc(/C=C/CS(=O)(=O)Cc2ccccc2)cc1. The van der Waals surface area contributed by atoms with Gasteiger partial charge < -0.3 is 4.74 Å². The normalized spacial score (nSPS) is 11.7. The van der Waals surface area contributed by atoms with Crippen molar-refractivity contribution in [1.82, 2.24) is 0 Å². The van der Waals surface area contributed by atoms with Crippen molar-refractivity contribution < 1.29 is 13.2 Å². The van der Waals surface area contributed by atoms with Gasteiger partial charge in [0.05, 0.1) is 18.6 Å². The van der Waals surface area contributed by atoms with Crippen LogP contribution in [0.3, 0.4) is 0 Å².